The first-order valence-corrected chi connectivity index (χ1v) is 9.66. The van der Waals surface area contributed by atoms with E-state index in [0.717, 1.165) is 32.7 Å². The van der Waals surface area contributed by atoms with Gasteiger partial charge in [-0.05, 0) is 5.56 Å². The molecule has 4 rings (SSSR count). The van der Waals surface area contributed by atoms with Gasteiger partial charge in [0.05, 0.1) is 13.1 Å². The van der Waals surface area contributed by atoms with E-state index in [1.165, 1.54) is 16.7 Å². The van der Waals surface area contributed by atoms with Gasteiger partial charge in [0.2, 0.25) is 11.8 Å². The number of aromatic nitrogens is 1. The van der Waals surface area contributed by atoms with Crippen LogP contribution in [0.15, 0.2) is 41.0 Å². The molecule has 8 heteroatoms. The van der Waals surface area contributed by atoms with Crippen LogP contribution in [0, 0.1) is 0 Å². The Kier molecular flexibility index (Phi) is 5.68. The van der Waals surface area contributed by atoms with Crippen molar-refractivity contribution in [1.29, 1.82) is 0 Å². The Morgan fingerprint density at radius 1 is 1.04 bits per heavy atom. The van der Waals surface area contributed by atoms with E-state index >= 15 is 0 Å². The lowest BCUT2D eigenvalue weighted by atomic mass is 10.2. The monoisotopic (exact) mass is 383 g/mol. The van der Waals surface area contributed by atoms with E-state index in [1.54, 1.807) is 0 Å². The summed E-state index contributed by atoms with van der Waals surface area (Å²) in [5.41, 5.74) is 1.60. The summed E-state index contributed by atoms with van der Waals surface area (Å²) in [4.78, 5) is 34.5. The van der Waals surface area contributed by atoms with E-state index in [9.17, 15) is 9.59 Å². The second kappa shape index (κ2) is 8.53. The molecule has 0 aliphatic carbocycles. The van der Waals surface area contributed by atoms with Gasteiger partial charge in [-0.2, -0.15) is 0 Å². The van der Waals surface area contributed by atoms with Gasteiger partial charge in [-0.25, -0.2) is 4.98 Å². The molecule has 2 amide bonds. The number of hydrogen-bond donors (Lipinski definition) is 1. The molecule has 0 saturated carbocycles. The van der Waals surface area contributed by atoms with Crippen molar-refractivity contribution in [3.63, 3.8) is 0 Å². The van der Waals surface area contributed by atoms with Crippen LogP contribution in [0.5, 0.6) is 0 Å². The van der Waals surface area contributed by atoms with Crippen LogP contribution in [0.25, 0.3) is 0 Å². The van der Waals surface area contributed by atoms with E-state index in [1.807, 2.05) is 6.07 Å². The molecule has 8 nitrogen and oxygen atoms in total. The van der Waals surface area contributed by atoms with E-state index in [0.29, 0.717) is 25.5 Å². The Balaban J connectivity index is 1.27. The maximum absolute atomic E-state index is 12.5. The molecule has 2 aromatic rings. The minimum absolute atomic E-state index is 0.0738. The van der Waals surface area contributed by atoms with Crippen molar-refractivity contribution in [1.82, 2.24) is 25.0 Å². The molecule has 28 heavy (non-hydrogen) atoms. The lowest BCUT2D eigenvalue weighted by Crippen LogP contribution is -2.50. The van der Waals surface area contributed by atoms with Crippen LogP contribution in [0.2, 0.25) is 0 Å². The van der Waals surface area contributed by atoms with Gasteiger partial charge in [-0.15, -0.1) is 0 Å². The lowest BCUT2D eigenvalue weighted by Gasteiger charge is -2.34. The molecule has 2 fully saturated rings. The number of piperazine rings is 2. The number of nitrogens with zero attached hydrogens (tertiary/aromatic N) is 4. The summed E-state index contributed by atoms with van der Waals surface area (Å²) in [6, 6.07) is 10.5. The van der Waals surface area contributed by atoms with E-state index in [4.69, 9.17) is 4.42 Å². The maximum atomic E-state index is 12.5. The zero-order valence-electron chi connectivity index (χ0n) is 15.8. The molecule has 2 aliphatic heterocycles. The Morgan fingerprint density at radius 2 is 1.75 bits per heavy atom. The van der Waals surface area contributed by atoms with Crippen LogP contribution in [0.4, 0.5) is 0 Å². The minimum atomic E-state index is -0.252. The van der Waals surface area contributed by atoms with Gasteiger partial charge >= 0.3 is 0 Å². The van der Waals surface area contributed by atoms with Gasteiger partial charge < -0.3 is 14.6 Å². The molecule has 0 bridgehead atoms. The number of rotatable bonds is 5. The molecule has 1 aromatic heterocycles. The first-order chi connectivity index (χ1) is 13.7. The lowest BCUT2D eigenvalue weighted by molar-refractivity contribution is -0.123. The fraction of sp³-hybridized carbons (Fsp3) is 0.450. The molecule has 148 valence electrons. The van der Waals surface area contributed by atoms with Crippen LogP contribution in [-0.2, 0) is 17.9 Å². The minimum Gasteiger partial charge on any atom is -0.447 e. The highest BCUT2D eigenvalue weighted by Crippen LogP contribution is 2.13. The van der Waals surface area contributed by atoms with Gasteiger partial charge in [0, 0.05) is 45.8 Å². The van der Waals surface area contributed by atoms with Crippen LogP contribution in [-0.4, -0.2) is 77.3 Å². The molecule has 2 aliphatic rings. The Hall–Kier alpha value is -2.71. The third-order valence-corrected chi connectivity index (χ3v) is 5.17. The molecule has 0 spiro atoms. The Morgan fingerprint density at radius 3 is 2.46 bits per heavy atom. The molecule has 0 radical (unpaired) electrons. The summed E-state index contributed by atoms with van der Waals surface area (Å²) in [7, 11) is 0. The van der Waals surface area contributed by atoms with Crippen LogP contribution in [0.3, 0.4) is 0 Å². The summed E-state index contributed by atoms with van der Waals surface area (Å²) < 4.78 is 5.51. The Labute approximate surface area is 164 Å². The van der Waals surface area contributed by atoms with Crippen LogP contribution < -0.4 is 5.32 Å². The van der Waals surface area contributed by atoms with Crippen molar-refractivity contribution in [2.75, 3.05) is 45.8 Å². The van der Waals surface area contributed by atoms with Crippen molar-refractivity contribution < 1.29 is 14.0 Å². The molecule has 3 heterocycles. The fourth-order valence-electron chi connectivity index (χ4n) is 3.59. The summed E-state index contributed by atoms with van der Waals surface area (Å²) in [5, 5.41) is 2.71. The highest BCUT2D eigenvalue weighted by molar-refractivity contribution is 5.95. The Bertz CT molecular complexity index is 814. The van der Waals surface area contributed by atoms with Crippen LogP contribution in [0.1, 0.15) is 21.9 Å². The quantitative estimate of drug-likeness (QED) is 0.813. The number of benzene rings is 1. The number of hydrogen-bond acceptors (Lipinski definition) is 6. The fourth-order valence-corrected chi connectivity index (χ4v) is 3.59. The summed E-state index contributed by atoms with van der Waals surface area (Å²) in [5.74, 6) is 0.149. The largest absolute Gasteiger partial charge is 0.447 e. The van der Waals surface area contributed by atoms with Crippen molar-refractivity contribution in [3.8, 4) is 0 Å². The predicted octanol–water partition coefficient (Wildman–Crippen LogP) is 0.564. The summed E-state index contributed by atoms with van der Waals surface area (Å²) >= 11 is 0. The first-order valence-electron chi connectivity index (χ1n) is 9.66. The van der Waals surface area contributed by atoms with Crippen molar-refractivity contribution >= 4 is 11.8 Å². The molecule has 1 aromatic carbocycles. The van der Waals surface area contributed by atoms with Gasteiger partial charge in [0.15, 0.2) is 5.69 Å². The van der Waals surface area contributed by atoms with Gasteiger partial charge in [-0.1, -0.05) is 30.3 Å². The smallest absolute Gasteiger partial charge is 0.276 e. The number of carbonyl (C=O) groups excluding carboxylic acids is 2. The van der Waals surface area contributed by atoms with Crippen molar-refractivity contribution in [2.24, 2.45) is 0 Å². The molecule has 1 N–H and O–H groups in total. The van der Waals surface area contributed by atoms with E-state index < -0.39 is 0 Å². The average molecular weight is 383 g/mol. The molecular formula is C20H25N5O3. The average Bonchev–Trinajstić information content (AvgIpc) is 3.18. The normalized spacial score (nSPS) is 18.9. The number of oxazole rings is 1. The van der Waals surface area contributed by atoms with Gasteiger partial charge in [0.25, 0.3) is 5.91 Å². The number of carbonyl (C=O) groups is 2. The highest BCUT2D eigenvalue weighted by Gasteiger charge is 2.25. The topological polar surface area (TPSA) is 81.9 Å². The number of amides is 2. The third-order valence-electron chi connectivity index (χ3n) is 5.17. The zero-order chi connectivity index (χ0) is 19.3. The summed E-state index contributed by atoms with van der Waals surface area (Å²) in [6.45, 7) is 6.45. The second-order valence-electron chi connectivity index (χ2n) is 7.24. The first kappa shape index (κ1) is 18.6. The van der Waals surface area contributed by atoms with Gasteiger partial charge in [0.1, 0.15) is 6.26 Å². The SMILES string of the molecule is O=C1CN(C(=O)c2coc(CN3CCN(Cc4ccccc4)CC3)n2)CCN1. The van der Waals surface area contributed by atoms with Crippen molar-refractivity contribution in [2.45, 2.75) is 13.1 Å². The van der Waals surface area contributed by atoms with E-state index in [-0.39, 0.29) is 24.1 Å². The predicted molar refractivity (Wildman–Crippen MR) is 102 cm³/mol. The van der Waals surface area contributed by atoms with E-state index in [2.05, 4.69) is 44.4 Å². The molecule has 0 atom stereocenters. The number of nitrogens with one attached hydrogen (secondary N) is 1. The third kappa shape index (κ3) is 4.58. The van der Waals surface area contributed by atoms with Crippen LogP contribution >= 0.6 is 0 Å². The summed E-state index contributed by atoms with van der Waals surface area (Å²) in [6.07, 6.45) is 1.40. The van der Waals surface area contributed by atoms with Crippen molar-refractivity contribution in [3.05, 3.63) is 53.7 Å². The zero-order valence-corrected chi connectivity index (χ0v) is 15.8. The highest BCUT2D eigenvalue weighted by atomic mass is 16.3. The standard InChI is InChI=1S/C20H25N5O3/c26-18-13-25(7-6-21-18)20(27)17-15-28-19(22-17)14-24-10-8-23(9-11-24)12-16-4-2-1-3-5-16/h1-5,15H,6-14H2,(H,21,26). The molecule has 0 unspecified atom stereocenters. The van der Waals surface area contributed by atoms with Gasteiger partial charge in [-0.3, -0.25) is 19.4 Å². The molecular weight excluding hydrogens is 358 g/mol. The molecule has 2 saturated heterocycles. The second-order valence-corrected chi connectivity index (χ2v) is 7.24. The maximum Gasteiger partial charge on any atom is 0.276 e.